The van der Waals surface area contributed by atoms with Gasteiger partial charge in [-0.3, -0.25) is 4.79 Å². The number of carbonyl (C=O) groups excluding carboxylic acids is 1. The highest BCUT2D eigenvalue weighted by molar-refractivity contribution is 7.83. The molecule has 1 aromatic heterocycles. The highest BCUT2D eigenvalue weighted by Gasteiger charge is 2.32. The maximum Gasteiger partial charge on any atom is 0.374 e. The average molecular weight is 330 g/mol. The summed E-state index contributed by atoms with van der Waals surface area (Å²) in [5.41, 5.74) is 0.163. The molecule has 2 rings (SSSR count). The Morgan fingerprint density at radius 2 is 2.21 bits per heavy atom. The summed E-state index contributed by atoms with van der Waals surface area (Å²) in [6.07, 6.45) is 0.344. The zero-order valence-corrected chi connectivity index (χ0v) is 11.8. The van der Waals surface area contributed by atoms with Gasteiger partial charge in [-0.1, -0.05) is 27.1 Å². The van der Waals surface area contributed by atoms with E-state index in [1.54, 1.807) is 0 Å². The van der Waals surface area contributed by atoms with E-state index >= 15 is 0 Å². The van der Waals surface area contributed by atoms with Crippen LogP contribution in [0.4, 0.5) is 3.89 Å². The first kappa shape index (κ1) is 14.6. The predicted octanol–water partition coefficient (Wildman–Crippen LogP) is 1.34. The predicted molar refractivity (Wildman–Crippen MR) is 68.3 cm³/mol. The van der Waals surface area contributed by atoms with E-state index in [1.165, 1.54) is 6.07 Å². The summed E-state index contributed by atoms with van der Waals surface area (Å²) in [5.74, 6) is -0.475. The number of aromatic amines is 1. The van der Waals surface area contributed by atoms with E-state index in [2.05, 4.69) is 10.3 Å². The summed E-state index contributed by atoms with van der Waals surface area (Å²) in [6.45, 7) is -0.0528. The minimum Gasteiger partial charge on any atom is -0.347 e. The molecule has 1 aliphatic rings. The second kappa shape index (κ2) is 5.28. The van der Waals surface area contributed by atoms with E-state index in [9.17, 15) is 17.1 Å². The van der Waals surface area contributed by atoms with Crippen molar-refractivity contribution in [2.24, 2.45) is 0 Å². The third-order valence-corrected chi connectivity index (χ3v) is 4.41. The minimum atomic E-state index is -4.71. The van der Waals surface area contributed by atoms with Gasteiger partial charge in [-0.15, -0.1) is 0 Å². The quantitative estimate of drug-likeness (QED) is 0.821. The Labute approximate surface area is 119 Å². The summed E-state index contributed by atoms with van der Waals surface area (Å²) in [5, 5.41) is 2.94. The maximum atomic E-state index is 12.7. The van der Waals surface area contributed by atoms with Gasteiger partial charge in [0.15, 0.2) is 0 Å². The number of amides is 1. The van der Waals surface area contributed by atoms with Crippen LogP contribution in [-0.4, -0.2) is 42.7 Å². The van der Waals surface area contributed by atoms with Crippen LogP contribution in [0, 0.1) is 0 Å². The van der Waals surface area contributed by atoms with E-state index < -0.39 is 22.4 Å². The Morgan fingerprint density at radius 1 is 1.53 bits per heavy atom. The molecule has 19 heavy (non-hydrogen) atoms. The molecule has 1 aliphatic heterocycles. The number of nitrogens with one attached hydrogen (secondary N) is 2. The Balaban J connectivity index is 1.98. The molecule has 2 heterocycles. The van der Waals surface area contributed by atoms with Crippen molar-refractivity contribution < 1.29 is 17.1 Å². The van der Waals surface area contributed by atoms with Gasteiger partial charge < -0.3 is 10.3 Å². The van der Waals surface area contributed by atoms with Crippen LogP contribution in [0.5, 0.6) is 0 Å². The molecule has 1 saturated heterocycles. The second-order valence-corrected chi connectivity index (χ2v) is 6.23. The first-order valence-corrected chi connectivity index (χ1v) is 7.41. The summed E-state index contributed by atoms with van der Waals surface area (Å²) in [4.78, 5) is 14.4. The molecule has 106 valence electrons. The number of hydrogen-bond acceptors (Lipinski definition) is 3. The standard InChI is InChI=1S/C9H10Cl2FN3O3S/c10-6-3-7(14-8(6)11)9(16)13-5-1-2-15(4-5)19(12,17)18/h3,5,14H,1-2,4H2,(H,13,16). The van der Waals surface area contributed by atoms with Crippen LogP contribution in [0.15, 0.2) is 6.07 Å². The highest BCUT2D eigenvalue weighted by Crippen LogP contribution is 2.22. The first-order chi connectivity index (χ1) is 8.77. The Hall–Kier alpha value is -0.830. The van der Waals surface area contributed by atoms with Crippen LogP contribution in [0.2, 0.25) is 10.2 Å². The molecule has 1 atom stereocenters. The Morgan fingerprint density at radius 3 is 2.68 bits per heavy atom. The molecular weight excluding hydrogens is 320 g/mol. The molecular formula is C9H10Cl2FN3O3S. The summed E-state index contributed by atoms with van der Waals surface area (Å²) >= 11 is 11.4. The van der Waals surface area contributed by atoms with Gasteiger partial charge >= 0.3 is 10.4 Å². The molecule has 10 heteroatoms. The lowest BCUT2D eigenvalue weighted by molar-refractivity contribution is 0.0934. The smallest absolute Gasteiger partial charge is 0.347 e. The van der Waals surface area contributed by atoms with Crippen LogP contribution in [0.3, 0.4) is 0 Å². The van der Waals surface area contributed by atoms with Crippen LogP contribution in [0.25, 0.3) is 0 Å². The van der Waals surface area contributed by atoms with Gasteiger partial charge in [0.25, 0.3) is 5.91 Å². The molecule has 1 unspecified atom stereocenters. The fourth-order valence-corrected chi connectivity index (χ4v) is 2.83. The molecule has 0 spiro atoms. The molecule has 1 fully saturated rings. The normalized spacial score (nSPS) is 20.7. The fraction of sp³-hybridized carbons (Fsp3) is 0.444. The SMILES string of the molecule is O=C(NC1CCN(S(=O)(=O)F)C1)c1cc(Cl)c(Cl)[nH]1. The highest BCUT2D eigenvalue weighted by atomic mass is 35.5. The van der Waals surface area contributed by atoms with Crippen LogP contribution < -0.4 is 5.32 Å². The third kappa shape index (κ3) is 3.38. The maximum absolute atomic E-state index is 12.7. The second-order valence-electron chi connectivity index (χ2n) is 4.10. The number of rotatable bonds is 3. The fourth-order valence-electron chi connectivity index (χ4n) is 1.83. The van der Waals surface area contributed by atoms with Crippen molar-refractivity contribution in [3.05, 3.63) is 21.9 Å². The molecule has 1 amide bonds. The van der Waals surface area contributed by atoms with Gasteiger partial charge in [-0.05, 0) is 12.5 Å². The number of halogens is 3. The first-order valence-electron chi connectivity index (χ1n) is 5.32. The van der Waals surface area contributed by atoms with Crippen LogP contribution in [-0.2, 0) is 10.4 Å². The van der Waals surface area contributed by atoms with Gasteiger partial charge in [0.05, 0.1) is 5.02 Å². The largest absolute Gasteiger partial charge is 0.374 e. The molecule has 0 bridgehead atoms. The number of nitrogens with zero attached hydrogens (tertiary/aromatic N) is 1. The average Bonchev–Trinajstić information content (AvgIpc) is 2.86. The molecule has 6 nitrogen and oxygen atoms in total. The van der Waals surface area contributed by atoms with Gasteiger partial charge in [-0.25, -0.2) is 0 Å². The van der Waals surface area contributed by atoms with Gasteiger partial charge in [-0.2, -0.15) is 12.7 Å². The summed E-state index contributed by atoms with van der Waals surface area (Å²) in [7, 11) is -4.71. The van der Waals surface area contributed by atoms with E-state index in [0.29, 0.717) is 10.7 Å². The molecule has 0 radical (unpaired) electrons. The molecule has 0 aromatic carbocycles. The van der Waals surface area contributed by atoms with Crippen molar-refractivity contribution in [2.75, 3.05) is 13.1 Å². The van der Waals surface area contributed by atoms with Crippen molar-refractivity contribution in [1.29, 1.82) is 0 Å². The van der Waals surface area contributed by atoms with Crippen molar-refractivity contribution in [3.8, 4) is 0 Å². The van der Waals surface area contributed by atoms with Gasteiger partial charge in [0, 0.05) is 19.1 Å². The van der Waals surface area contributed by atoms with Crippen LogP contribution in [0.1, 0.15) is 16.9 Å². The molecule has 1 aromatic rings. The molecule has 2 N–H and O–H groups in total. The van der Waals surface area contributed by atoms with E-state index in [1.807, 2.05) is 0 Å². The van der Waals surface area contributed by atoms with Gasteiger partial charge in [0.1, 0.15) is 10.8 Å². The van der Waals surface area contributed by atoms with Gasteiger partial charge in [0.2, 0.25) is 0 Å². The lowest BCUT2D eigenvalue weighted by atomic mass is 10.2. The lowest BCUT2D eigenvalue weighted by Gasteiger charge is -2.12. The van der Waals surface area contributed by atoms with Crippen molar-refractivity contribution in [1.82, 2.24) is 14.6 Å². The lowest BCUT2D eigenvalue weighted by Crippen LogP contribution is -2.37. The van der Waals surface area contributed by atoms with E-state index in [4.69, 9.17) is 23.2 Å². The van der Waals surface area contributed by atoms with E-state index in [-0.39, 0.29) is 29.0 Å². The number of H-pyrrole nitrogens is 1. The number of aromatic nitrogens is 1. The van der Waals surface area contributed by atoms with E-state index in [0.717, 1.165) is 0 Å². The monoisotopic (exact) mass is 329 g/mol. The Bertz CT molecular complexity index is 584. The third-order valence-electron chi connectivity index (χ3n) is 2.76. The topological polar surface area (TPSA) is 82.3 Å². The Kier molecular flexibility index (Phi) is 4.05. The summed E-state index contributed by atoms with van der Waals surface area (Å²) in [6, 6.07) is 0.913. The van der Waals surface area contributed by atoms with Crippen molar-refractivity contribution in [2.45, 2.75) is 12.5 Å². The molecule has 0 saturated carbocycles. The van der Waals surface area contributed by atoms with Crippen molar-refractivity contribution >= 4 is 39.5 Å². The van der Waals surface area contributed by atoms with Crippen LogP contribution >= 0.6 is 23.2 Å². The zero-order chi connectivity index (χ0) is 14.2. The summed E-state index contributed by atoms with van der Waals surface area (Å²) < 4.78 is 34.8. The zero-order valence-electron chi connectivity index (χ0n) is 9.49. The minimum absolute atomic E-state index is 0.0377. The number of hydrogen-bond donors (Lipinski definition) is 2. The molecule has 0 aliphatic carbocycles. The number of carbonyl (C=O) groups is 1. The van der Waals surface area contributed by atoms with Crippen molar-refractivity contribution in [3.63, 3.8) is 0 Å².